The summed E-state index contributed by atoms with van der Waals surface area (Å²) < 4.78 is 44.5. The number of carbonyl (C=O) groups excluding carboxylic acids is 1. The van der Waals surface area contributed by atoms with Crippen molar-refractivity contribution in [1.82, 2.24) is 5.32 Å². The maximum Gasteiger partial charge on any atom is 0.220 e. The third kappa shape index (κ3) is 4.50. The van der Waals surface area contributed by atoms with Crippen LogP contribution in [0.4, 0.5) is 13.2 Å². The number of aryl methyl sites for hydroxylation is 1. The van der Waals surface area contributed by atoms with Crippen LogP contribution in [0, 0.1) is 17.5 Å². The summed E-state index contributed by atoms with van der Waals surface area (Å²) in [5, 5.41) is 2.70. The van der Waals surface area contributed by atoms with Crippen molar-refractivity contribution >= 4 is 5.91 Å². The van der Waals surface area contributed by atoms with Gasteiger partial charge in [0.2, 0.25) is 5.91 Å². The van der Waals surface area contributed by atoms with Crippen molar-refractivity contribution in [3.63, 3.8) is 0 Å². The molecule has 1 N–H and O–H groups in total. The number of benzene rings is 2. The molecule has 0 aliphatic heterocycles. The quantitative estimate of drug-likeness (QED) is 0.867. The van der Waals surface area contributed by atoms with Gasteiger partial charge in [0.05, 0.1) is 13.2 Å². The second-order valence-electron chi connectivity index (χ2n) is 5.43. The van der Waals surface area contributed by atoms with E-state index in [-0.39, 0.29) is 18.1 Å². The van der Waals surface area contributed by atoms with E-state index in [2.05, 4.69) is 5.32 Å². The van der Waals surface area contributed by atoms with Crippen LogP contribution in [0.5, 0.6) is 5.75 Å². The van der Waals surface area contributed by atoms with Gasteiger partial charge in [-0.05, 0) is 48.7 Å². The van der Waals surface area contributed by atoms with E-state index in [1.54, 1.807) is 13.0 Å². The van der Waals surface area contributed by atoms with Crippen molar-refractivity contribution in [2.75, 3.05) is 7.11 Å². The molecule has 0 saturated heterocycles. The third-order valence-corrected chi connectivity index (χ3v) is 3.68. The van der Waals surface area contributed by atoms with Crippen LogP contribution < -0.4 is 10.1 Å². The minimum Gasteiger partial charge on any atom is -0.494 e. The maximum absolute atomic E-state index is 13.6. The number of rotatable bonds is 6. The lowest BCUT2D eigenvalue weighted by Crippen LogP contribution is -2.26. The van der Waals surface area contributed by atoms with Gasteiger partial charge in [-0.25, -0.2) is 13.2 Å². The van der Waals surface area contributed by atoms with E-state index in [9.17, 15) is 18.0 Å². The lowest BCUT2D eigenvalue weighted by molar-refractivity contribution is -0.121. The lowest BCUT2D eigenvalue weighted by atomic mass is 10.1. The van der Waals surface area contributed by atoms with Crippen molar-refractivity contribution in [2.45, 2.75) is 25.8 Å². The van der Waals surface area contributed by atoms with Gasteiger partial charge in [-0.15, -0.1) is 0 Å². The molecule has 0 aliphatic rings. The smallest absolute Gasteiger partial charge is 0.220 e. The van der Waals surface area contributed by atoms with E-state index in [1.165, 1.54) is 25.3 Å². The molecule has 1 unspecified atom stereocenters. The maximum atomic E-state index is 13.6. The van der Waals surface area contributed by atoms with E-state index in [0.717, 1.165) is 12.1 Å². The molecule has 2 aromatic carbocycles. The second kappa shape index (κ2) is 7.86. The summed E-state index contributed by atoms with van der Waals surface area (Å²) in [5.41, 5.74) is 1.14. The average Bonchev–Trinajstić information content (AvgIpc) is 2.55. The van der Waals surface area contributed by atoms with Gasteiger partial charge in [0.1, 0.15) is 0 Å². The zero-order valence-corrected chi connectivity index (χ0v) is 13.4. The molecule has 2 rings (SSSR count). The third-order valence-electron chi connectivity index (χ3n) is 3.68. The van der Waals surface area contributed by atoms with Crippen LogP contribution in [0.3, 0.4) is 0 Å². The van der Waals surface area contributed by atoms with Crippen molar-refractivity contribution in [2.24, 2.45) is 0 Å². The Balaban J connectivity index is 1.90. The Morgan fingerprint density at radius 3 is 2.46 bits per heavy atom. The van der Waals surface area contributed by atoms with E-state index >= 15 is 0 Å². The highest BCUT2D eigenvalue weighted by atomic mass is 19.2. The van der Waals surface area contributed by atoms with E-state index in [4.69, 9.17) is 4.74 Å². The molecule has 0 spiro atoms. The van der Waals surface area contributed by atoms with Crippen LogP contribution >= 0.6 is 0 Å². The van der Waals surface area contributed by atoms with Crippen LogP contribution in [0.1, 0.15) is 30.5 Å². The number of methoxy groups -OCH3 is 1. The Labute approximate surface area is 138 Å². The van der Waals surface area contributed by atoms with Gasteiger partial charge < -0.3 is 10.1 Å². The first kappa shape index (κ1) is 17.8. The SMILES string of the molecule is COc1ccc(CCC(=O)NC(C)c2ccc(F)c(F)c2)cc1F. The van der Waals surface area contributed by atoms with Gasteiger partial charge in [0.15, 0.2) is 23.2 Å². The predicted octanol–water partition coefficient (Wildman–Crippen LogP) is 3.92. The normalized spacial score (nSPS) is 11.9. The Bertz CT molecular complexity index is 734. The van der Waals surface area contributed by atoms with Crippen molar-refractivity contribution in [1.29, 1.82) is 0 Å². The van der Waals surface area contributed by atoms with E-state index in [0.29, 0.717) is 17.5 Å². The Morgan fingerprint density at radius 2 is 1.83 bits per heavy atom. The number of amides is 1. The Kier molecular flexibility index (Phi) is 5.84. The molecule has 0 bridgehead atoms. The standard InChI is InChI=1S/C18H18F3NO2/c1-11(13-5-6-14(19)15(20)10-13)22-18(23)8-4-12-3-7-17(24-2)16(21)9-12/h3,5-7,9-11H,4,8H2,1-2H3,(H,22,23). The van der Waals surface area contributed by atoms with E-state index in [1.807, 2.05) is 0 Å². The highest BCUT2D eigenvalue weighted by Crippen LogP contribution is 2.19. The first-order valence-corrected chi connectivity index (χ1v) is 7.47. The fraction of sp³-hybridized carbons (Fsp3) is 0.278. The van der Waals surface area contributed by atoms with Crippen LogP contribution in [0.25, 0.3) is 0 Å². The minimum absolute atomic E-state index is 0.148. The monoisotopic (exact) mass is 337 g/mol. The summed E-state index contributed by atoms with van der Waals surface area (Å²) >= 11 is 0. The number of nitrogens with one attached hydrogen (secondary N) is 1. The first-order valence-electron chi connectivity index (χ1n) is 7.47. The van der Waals surface area contributed by atoms with Crippen LogP contribution in [-0.2, 0) is 11.2 Å². The summed E-state index contributed by atoms with van der Waals surface area (Å²) in [7, 11) is 1.38. The van der Waals surface area contributed by atoms with E-state index < -0.39 is 23.5 Å². The van der Waals surface area contributed by atoms with Crippen molar-refractivity contribution in [3.8, 4) is 5.75 Å². The molecule has 6 heteroatoms. The average molecular weight is 337 g/mol. The Morgan fingerprint density at radius 1 is 1.08 bits per heavy atom. The van der Waals surface area contributed by atoms with Crippen LogP contribution in [0.2, 0.25) is 0 Å². The lowest BCUT2D eigenvalue weighted by Gasteiger charge is -2.14. The molecule has 0 fully saturated rings. The topological polar surface area (TPSA) is 38.3 Å². The fourth-order valence-electron chi connectivity index (χ4n) is 2.30. The summed E-state index contributed by atoms with van der Waals surface area (Å²) in [6.45, 7) is 1.68. The predicted molar refractivity (Wildman–Crippen MR) is 84.2 cm³/mol. The van der Waals surface area contributed by atoms with Gasteiger partial charge in [0, 0.05) is 6.42 Å². The number of hydrogen-bond acceptors (Lipinski definition) is 2. The highest BCUT2D eigenvalue weighted by Gasteiger charge is 2.12. The van der Waals surface area contributed by atoms with Gasteiger partial charge in [0.25, 0.3) is 0 Å². The Hall–Kier alpha value is -2.50. The highest BCUT2D eigenvalue weighted by molar-refractivity contribution is 5.76. The van der Waals surface area contributed by atoms with Crippen molar-refractivity contribution < 1.29 is 22.7 Å². The molecule has 0 aromatic heterocycles. The molecule has 0 radical (unpaired) electrons. The minimum atomic E-state index is -0.956. The summed E-state index contributed by atoms with van der Waals surface area (Å²) in [6.07, 6.45) is 0.511. The van der Waals surface area contributed by atoms with Gasteiger partial charge in [-0.3, -0.25) is 4.79 Å². The zero-order chi connectivity index (χ0) is 17.7. The number of halogens is 3. The fourth-order valence-corrected chi connectivity index (χ4v) is 2.30. The largest absolute Gasteiger partial charge is 0.494 e. The number of ether oxygens (including phenoxy) is 1. The molecule has 0 aliphatic carbocycles. The molecule has 1 amide bonds. The summed E-state index contributed by atoms with van der Waals surface area (Å²) in [5.74, 6) is -2.48. The van der Waals surface area contributed by atoms with Crippen LogP contribution in [-0.4, -0.2) is 13.0 Å². The van der Waals surface area contributed by atoms with Crippen molar-refractivity contribution in [3.05, 3.63) is 65.0 Å². The zero-order valence-electron chi connectivity index (χ0n) is 13.4. The number of carbonyl (C=O) groups is 1. The molecule has 0 heterocycles. The molecular weight excluding hydrogens is 319 g/mol. The van der Waals surface area contributed by atoms with Gasteiger partial charge >= 0.3 is 0 Å². The van der Waals surface area contributed by atoms with Crippen LogP contribution in [0.15, 0.2) is 36.4 Å². The molecular formula is C18H18F3NO2. The van der Waals surface area contributed by atoms with Gasteiger partial charge in [-0.1, -0.05) is 12.1 Å². The molecule has 128 valence electrons. The summed E-state index contributed by atoms with van der Waals surface area (Å²) in [4.78, 5) is 12.0. The summed E-state index contributed by atoms with van der Waals surface area (Å²) in [6, 6.07) is 7.56. The molecule has 2 aromatic rings. The molecule has 1 atom stereocenters. The second-order valence-corrected chi connectivity index (χ2v) is 5.43. The molecule has 24 heavy (non-hydrogen) atoms. The molecule has 0 saturated carbocycles. The first-order chi connectivity index (χ1) is 11.4. The van der Waals surface area contributed by atoms with Gasteiger partial charge in [-0.2, -0.15) is 0 Å². The molecule has 3 nitrogen and oxygen atoms in total. The number of hydrogen-bond donors (Lipinski definition) is 1.